The quantitative estimate of drug-likeness (QED) is 0.763. The maximum absolute atomic E-state index is 12.1. The fourth-order valence-corrected chi connectivity index (χ4v) is 3.39. The molecule has 0 saturated heterocycles. The molecule has 1 aromatic carbocycles. The van der Waals surface area contributed by atoms with Crippen LogP contribution in [0.5, 0.6) is 0 Å². The van der Waals surface area contributed by atoms with E-state index in [1.54, 1.807) is 0 Å². The molecule has 0 fully saturated rings. The number of aliphatic hydroxyl groups excluding tert-OH is 1. The van der Waals surface area contributed by atoms with E-state index in [1.807, 2.05) is 0 Å². The van der Waals surface area contributed by atoms with Gasteiger partial charge < -0.3 is 10.8 Å². The number of carbonyl (C=O) groups is 1. The van der Waals surface area contributed by atoms with Crippen molar-refractivity contribution in [3.63, 3.8) is 0 Å². The highest BCUT2D eigenvalue weighted by molar-refractivity contribution is 7.90. The third kappa shape index (κ3) is 1.95. The highest BCUT2D eigenvalue weighted by atomic mass is 32.2. The minimum absolute atomic E-state index is 0.0210. The number of benzene rings is 1. The lowest BCUT2D eigenvalue weighted by Crippen LogP contribution is -2.32. The molecule has 1 atom stereocenters. The van der Waals surface area contributed by atoms with Crippen molar-refractivity contribution in [2.45, 2.75) is 24.3 Å². The topological polar surface area (TPSA) is 101 Å². The molecule has 18 heavy (non-hydrogen) atoms. The van der Waals surface area contributed by atoms with E-state index in [2.05, 4.69) is 0 Å². The second-order valence-corrected chi connectivity index (χ2v) is 6.11. The highest BCUT2D eigenvalue weighted by Crippen LogP contribution is 2.31. The molecule has 6 nitrogen and oxygen atoms in total. The number of sulfonamides is 1. The second-order valence-electron chi connectivity index (χ2n) is 4.28. The number of nitrogens with zero attached hydrogens (tertiary/aromatic N) is 1. The Morgan fingerprint density at radius 1 is 1.44 bits per heavy atom. The monoisotopic (exact) mass is 270 g/mol. The molecule has 1 heterocycles. The molecule has 0 saturated carbocycles. The lowest BCUT2D eigenvalue weighted by Gasteiger charge is -2.15. The number of fused-ring (bicyclic) bond motifs is 1. The van der Waals surface area contributed by atoms with Crippen molar-refractivity contribution in [1.82, 2.24) is 4.31 Å². The number of hydrogen-bond acceptors (Lipinski definition) is 5. The largest absolute Gasteiger partial charge is 0.399 e. The summed E-state index contributed by atoms with van der Waals surface area (Å²) in [7, 11) is -3.79. The first-order valence-electron chi connectivity index (χ1n) is 5.48. The van der Waals surface area contributed by atoms with Gasteiger partial charge >= 0.3 is 0 Å². The number of amides is 1. The summed E-state index contributed by atoms with van der Waals surface area (Å²) in [5.74, 6) is -0.585. The summed E-state index contributed by atoms with van der Waals surface area (Å²) in [5, 5.41) is 9.18. The smallest absolute Gasteiger partial charge is 0.269 e. The number of nitrogens with two attached hydrogens (primary N) is 1. The Labute approximate surface area is 105 Å². The fourth-order valence-electron chi connectivity index (χ4n) is 1.83. The van der Waals surface area contributed by atoms with Crippen LogP contribution in [0.2, 0.25) is 0 Å². The summed E-state index contributed by atoms with van der Waals surface area (Å²) in [6, 6.07) is 4.14. The van der Waals surface area contributed by atoms with E-state index >= 15 is 0 Å². The summed E-state index contributed by atoms with van der Waals surface area (Å²) in [6.07, 6.45) is -0.462. The molecular formula is C11H14N2O4S. The number of carbonyl (C=O) groups excluding carboxylic acids is 1. The van der Waals surface area contributed by atoms with Crippen molar-refractivity contribution >= 4 is 21.6 Å². The van der Waals surface area contributed by atoms with E-state index in [0.717, 1.165) is 4.31 Å². The van der Waals surface area contributed by atoms with E-state index < -0.39 is 22.0 Å². The van der Waals surface area contributed by atoms with Gasteiger partial charge in [-0.15, -0.1) is 0 Å². The Morgan fingerprint density at radius 3 is 2.72 bits per heavy atom. The molecule has 0 aliphatic carbocycles. The van der Waals surface area contributed by atoms with Gasteiger partial charge in [-0.3, -0.25) is 4.79 Å². The number of nitrogen functional groups attached to an aromatic ring is 1. The van der Waals surface area contributed by atoms with Gasteiger partial charge in [0.05, 0.1) is 11.7 Å². The number of hydrogen-bond donors (Lipinski definition) is 2. The van der Waals surface area contributed by atoms with Crippen molar-refractivity contribution in [3.8, 4) is 0 Å². The van der Waals surface area contributed by atoms with Gasteiger partial charge in [-0.1, -0.05) is 0 Å². The SMILES string of the molecule is CC(O)CCN1C(=O)c2cc(N)ccc2S1(=O)=O. The molecule has 7 heteroatoms. The minimum atomic E-state index is -3.79. The van der Waals surface area contributed by atoms with E-state index in [4.69, 9.17) is 5.73 Å². The summed E-state index contributed by atoms with van der Waals surface area (Å²) in [6.45, 7) is 1.51. The molecular weight excluding hydrogens is 256 g/mol. The van der Waals surface area contributed by atoms with E-state index in [9.17, 15) is 18.3 Å². The molecule has 3 N–H and O–H groups in total. The summed E-state index contributed by atoms with van der Waals surface area (Å²) in [4.78, 5) is 12.0. The van der Waals surface area contributed by atoms with E-state index in [-0.39, 0.29) is 23.4 Å². The average molecular weight is 270 g/mol. The minimum Gasteiger partial charge on any atom is -0.399 e. The van der Waals surface area contributed by atoms with Crippen LogP contribution in [0.4, 0.5) is 5.69 Å². The molecule has 1 unspecified atom stereocenters. The first kappa shape index (κ1) is 12.8. The van der Waals surface area contributed by atoms with Gasteiger partial charge in [0.2, 0.25) is 0 Å². The maximum atomic E-state index is 12.1. The maximum Gasteiger partial charge on any atom is 0.269 e. The molecule has 0 bridgehead atoms. The Morgan fingerprint density at radius 2 is 2.11 bits per heavy atom. The lowest BCUT2D eigenvalue weighted by molar-refractivity contribution is 0.0854. The number of rotatable bonds is 3. The van der Waals surface area contributed by atoms with Gasteiger partial charge in [0.1, 0.15) is 4.90 Å². The van der Waals surface area contributed by atoms with Crippen LogP contribution in [0.25, 0.3) is 0 Å². The van der Waals surface area contributed by atoms with Crippen molar-refractivity contribution in [1.29, 1.82) is 0 Å². The lowest BCUT2D eigenvalue weighted by atomic mass is 10.2. The van der Waals surface area contributed by atoms with Crippen LogP contribution < -0.4 is 5.73 Å². The third-order valence-electron chi connectivity index (χ3n) is 2.78. The number of anilines is 1. The highest BCUT2D eigenvalue weighted by Gasteiger charge is 2.40. The summed E-state index contributed by atoms with van der Waals surface area (Å²) < 4.78 is 25.0. The molecule has 1 amide bonds. The number of aliphatic hydroxyl groups is 1. The third-order valence-corrected chi connectivity index (χ3v) is 4.62. The average Bonchev–Trinajstić information content (AvgIpc) is 2.44. The Balaban J connectivity index is 2.41. The van der Waals surface area contributed by atoms with Crippen molar-refractivity contribution in [3.05, 3.63) is 23.8 Å². The van der Waals surface area contributed by atoms with Crippen molar-refractivity contribution < 1.29 is 18.3 Å². The van der Waals surface area contributed by atoms with Gasteiger partial charge in [-0.05, 0) is 31.5 Å². The van der Waals surface area contributed by atoms with Gasteiger partial charge in [0, 0.05) is 12.2 Å². The van der Waals surface area contributed by atoms with Crippen LogP contribution in [-0.4, -0.2) is 36.4 Å². The van der Waals surface area contributed by atoms with E-state index in [0.29, 0.717) is 5.69 Å². The molecule has 1 aliphatic heterocycles. The Bertz CT molecular complexity index is 595. The van der Waals surface area contributed by atoms with Crippen LogP contribution in [0.3, 0.4) is 0 Å². The van der Waals surface area contributed by atoms with Crippen LogP contribution in [0.15, 0.2) is 23.1 Å². The zero-order valence-electron chi connectivity index (χ0n) is 9.83. The Kier molecular flexibility index (Phi) is 3.04. The molecule has 1 aromatic rings. The van der Waals surface area contributed by atoms with Gasteiger partial charge in [-0.2, -0.15) is 0 Å². The predicted molar refractivity (Wildman–Crippen MR) is 65.4 cm³/mol. The normalized spacial score (nSPS) is 18.8. The molecule has 1 aliphatic rings. The van der Waals surface area contributed by atoms with Gasteiger partial charge in [-0.25, -0.2) is 12.7 Å². The van der Waals surface area contributed by atoms with E-state index in [1.165, 1.54) is 25.1 Å². The predicted octanol–water partition coefficient (Wildman–Crippen LogP) is 0.184. The van der Waals surface area contributed by atoms with Gasteiger partial charge in [0.25, 0.3) is 15.9 Å². The molecule has 98 valence electrons. The van der Waals surface area contributed by atoms with Crippen LogP contribution in [0.1, 0.15) is 23.7 Å². The Hall–Kier alpha value is -1.60. The summed E-state index contributed by atoms with van der Waals surface area (Å²) >= 11 is 0. The zero-order valence-corrected chi connectivity index (χ0v) is 10.6. The molecule has 0 spiro atoms. The first-order chi connectivity index (χ1) is 8.34. The zero-order chi connectivity index (χ0) is 13.5. The standard InChI is InChI=1S/C11H14N2O4S/c1-7(14)4-5-13-11(15)9-6-8(12)2-3-10(9)18(13,16)17/h2-3,6-7,14H,4-5,12H2,1H3. The summed E-state index contributed by atoms with van der Waals surface area (Å²) in [5.41, 5.74) is 5.98. The fraction of sp³-hybridized carbons (Fsp3) is 0.364. The van der Waals surface area contributed by atoms with Gasteiger partial charge in [0.15, 0.2) is 0 Å². The molecule has 2 rings (SSSR count). The second kappa shape index (κ2) is 4.25. The van der Waals surface area contributed by atoms with Crippen LogP contribution in [-0.2, 0) is 10.0 Å². The molecule has 0 radical (unpaired) electrons. The molecule has 0 aromatic heterocycles. The van der Waals surface area contributed by atoms with Crippen LogP contribution >= 0.6 is 0 Å². The van der Waals surface area contributed by atoms with Crippen molar-refractivity contribution in [2.24, 2.45) is 0 Å². The first-order valence-corrected chi connectivity index (χ1v) is 6.92. The van der Waals surface area contributed by atoms with Crippen molar-refractivity contribution in [2.75, 3.05) is 12.3 Å². The van der Waals surface area contributed by atoms with Crippen LogP contribution in [0, 0.1) is 0 Å².